The van der Waals surface area contributed by atoms with E-state index in [9.17, 15) is 14.9 Å². The fourth-order valence-electron chi connectivity index (χ4n) is 3.14. The van der Waals surface area contributed by atoms with Crippen molar-refractivity contribution in [3.63, 3.8) is 0 Å². The van der Waals surface area contributed by atoms with E-state index in [2.05, 4.69) is 10.4 Å². The second-order valence-electron chi connectivity index (χ2n) is 6.65. The lowest BCUT2D eigenvalue weighted by Crippen LogP contribution is -2.14. The minimum atomic E-state index is -0.585. The zero-order valence-corrected chi connectivity index (χ0v) is 17.1. The molecule has 0 bridgehead atoms. The van der Waals surface area contributed by atoms with Gasteiger partial charge in [0.05, 0.1) is 42.8 Å². The van der Waals surface area contributed by atoms with Gasteiger partial charge in [0.1, 0.15) is 5.75 Å². The first-order valence-corrected chi connectivity index (χ1v) is 9.14. The third kappa shape index (κ3) is 4.24. The minimum Gasteiger partial charge on any atom is -0.497 e. The first-order valence-electron chi connectivity index (χ1n) is 9.14. The summed E-state index contributed by atoms with van der Waals surface area (Å²) in [5, 5.41) is 18.5. The van der Waals surface area contributed by atoms with Crippen molar-refractivity contribution in [1.82, 2.24) is 9.78 Å². The highest BCUT2D eigenvalue weighted by Crippen LogP contribution is 2.28. The summed E-state index contributed by atoms with van der Waals surface area (Å²) >= 11 is 0. The smallest absolute Gasteiger partial charge is 0.311 e. The van der Waals surface area contributed by atoms with Crippen LogP contribution in [0.2, 0.25) is 0 Å². The van der Waals surface area contributed by atoms with Crippen molar-refractivity contribution in [3.8, 4) is 11.5 Å². The Morgan fingerprint density at radius 1 is 1.17 bits per heavy atom. The Balaban J connectivity index is 1.84. The highest BCUT2D eigenvalue weighted by Gasteiger charge is 2.20. The predicted octanol–water partition coefficient (Wildman–Crippen LogP) is 3.73. The molecule has 3 rings (SSSR count). The number of nitro groups is 1. The number of anilines is 1. The van der Waals surface area contributed by atoms with Gasteiger partial charge in [-0.25, -0.2) is 0 Å². The molecular formula is C21H22N4O5. The zero-order chi connectivity index (χ0) is 21.8. The number of nitrogens with one attached hydrogen (secondary N) is 1. The lowest BCUT2D eigenvalue weighted by atomic mass is 10.1. The number of benzene rings is 2. The molecule has 0 aliphatic heterocycles. The number of carbonyl (C=O) groups excluding carboxylic acids is 1. The lowest BCUT2D eigenvalue weighted by Gasteiger charge is -2.09. The van der Waals surface area contributed by atoms with Crippen LogP contribution in [-0.2, 0) is 6.54 Å². The summed E-state index contributed by atoms with van der Waals surface area (Å²) < 4.78 is 12.0. The molecule has 1 N–H and O–H groups in total. The molecule has 0 saturated carbocycles. The van der Waals surface area contributed by atoms with Gasteiger partial charge in [-0.05, 0) is 43.7 Å². The predicted molar refractivity (Wildman–Crippen MR) is 111 cm³/mol. The van der Waals surface area contributed by atoms with Crippen molar-refractivity contribution in [2.75, 3.05) is 19.5 Å². The average molecular weight is 410 g/mol. The van der Waals surface area contributed by atoms with Gasteiger partial charge in [0.15, 0.2) is 5.75 Å². The second kappa shape index (κ2) is 8.64. The van der Waals surface area contributed by atoms with E-state index in [-0.39, 0.29) is 17.0 Å². The maximum atomic E-state index is 12.7. The van der Waals surface area contributed by atoms with E-state index in [4.69, 9.17) is 9.47 Å². The number of aromatic nitrogens is 2. The molecule has 0 fully saturated rings. The first kappa shape index (κ1) is 20.8. The van der Waals surface area contributed by atoms with Crippen LogP contribution in [0.25, 0.3) is 0 Å². The van der Waals surface area contributed by atoms with Crippen molar-refractivity contribution in [2.24, 2.45) is 0 Å². The number of methoxy groups -OCH3 is 2. The quantitative estimate of drug-likeness (QED) is 0.470. The van der Waals surface area contributed by atoms with Gasteiger partial charge in [-0.1, -0.05) is 12.1 Å². The van der Waals surface area contributed by atoms with Crippen LogP contribution >= 0.6 is 0 Å². The van der Waals surface area contributed by atoms with E-state index in [1.54, 1.807) is 18.7 Å². The Morgan fingerprint density at radius 3 is 2.60 bits per heavy atom. The molecular weight excluding hydrogens is 388 g/mol. The maximum Gasteiger partial charge on any atom is 0.311 e. The monoisotopic (exact) mass is 410 g/mol. The molecule has 0 unspecified atom stereocenters. The van der Waals surface area contributed by atoms with Crippen LogP contribution in [0.4, 0.5) is 11.4 Å². The Bertz CT molecular complexity index is 1110. The Labute approximate surface area is 173 Å². The maximum absolute atomic E-state index is 12.7. The van der Waals surface area contributed by atoms with E-state index >= 15 is 0 Å². The van der Waals surface area contributed by atoms with Crippen molar-refractivity contribution < 1.29 is 19.2 Å². The second-order valence-corrected chi connectivity index (χ2v) is 6.65. The molecule has 0 radical (unpaired) electrons. The standard InChI is InChI=1S/C21H22N4O5/c1-13-20(14(2)24(23-13)12-15-6-5-7-17(10-15)29-3)22-21(26)16-8-9-19(30-4)18(11-16)25(27)28/h5-11H,12H2,1-4H3,(H,22,26). The van der Waals surface area contributed by atoms with Gasteiger partial charge in [-0.2, -0.15) is 5.10 Å². The molecule has 30 heavy (non-hydrogen) atoms. The molecule has 156 valence electrons. The Morgan fingerprint density at radius 2 is 1.93 bits per heavy atom. The van der Waals surface area contributed by atoms with E-state index < -0.39 is 10.8 Å². The van der Waals surface area contributed by atoms with Crippen molar-refractivity contribution in [1.29, 1.82) is 0 Å². The summed E-state index contributed by atoms with van der Waals surface area (Å²) in [6.07, 6.45) is 0. The van der Waals surface area contributed by atoms with E-state index in [0.717, 1.165) is 17.0 Å². The van der Waals surface area contributed by atoms with Crippen LogP contribution in [0.3, 0.4) is 0 Å². The summed E-state index contributed by atoms with van der Waals surface area (Å²) in [6, 6.07) is 11.7. The summed E-state index contributed by atoms with van der Waals surface area (Å²) in [5.74, 6) is 0.381. The molecule has 1 aromatic heterocycles. The largest absolute Gasteiger partial charge is 0.497 e. The fourth-order valence-corrected chi connectivity index (χ4v) is 3.14. The van der Waals surface area contributed by atoms with Crippen LogP contribution < -0.4 is 14.8 Å². The van der Waals surface area contributed by atoms with Crippen LogP contribution in [0.5, 0.6) is 11.5 Å². The number of hydrogen-bond donors (Lipinski definition) is 1. The SMILES string of the molecule is COc1cccc(Cn2nc(C)c(NC(=O)c3ccc(OC)c([N+](=O)[O-])c3)c2C)c1. The van der Waals surface area contributed by atoms with Gasteiger partial charge in [-0.3, -0.25) is 19.6 Å². The Hall–Kier alpha value is -3.88. The minimum absolute atomic E-state index is 0.0926. The number of nitro benzene ring substituents is 1. The third-order valence-electron chi connectivity index (χ3n) is 4.72. The molecule has 9 nitrogen and oxygen atoms in total. The highest BCUT2D eigenvalue weighted by atomic mass is 16.6. The number of nitrogens with zero attached hydrogens (tertiary/aromatic N) is 3. The molecule has 0 atom stereocenters. The van der Waals surface area contributed by atoms with Gasteiger partial charge in [-0.15, -0.1) is 0 Å². The van der Waals surface area contributed by atoms with E-state index in [0.29, 0.717) is 17.9 Å². The third-order valence-corrected chi connectivity index (χ3v) is 4.72. The lowest BCUT2D eigenvalue weighted by molar-refractivity contribution is -0.385. The molecule has 3 aromatic rings. The summed E-state index contributed by atoms with van der Waals surface area (Å²) in [6.45, 7) is 4.15. The van der Waals surface area contributed by atoms with Crippen molar-refractivity contribution in [2.45, 2.75) is 20.4 Å². The van der Waals surface area contributed by atoms with Crippen molar-refractivity contribution >= 4 is 17.3 Å². The van der Waals surface area contributed by atoms with Gasteiger partial charge >= 0.3 is 5.69 Å². The highest BCUT2D eigenvalue weighted by molar-refractivity contribution is 6.05. The topological polar surface area (TPSA) is 109 Å². The van der Waals surface area contributed by atoms with Gasteiger partial charge in [0.2, 0.25) is 0 Å². The normalized spacial score (nSPS) is 10.5. The first-order chi connectivity index (χ1) is 14.3. The molecule has 9 heteroatoms. The fraction of sp³-hybridized carbons (Fsp3) is 0.238. The molecule has 0 saturated heterocycles. The van der Waals surface area contributed by atoms with Gasteiger partial charge < -0.3 is 14.8 Å². The number of aryl methyl sites for hydroxylation is 1. The zero-order valence-electron chi connectivity index (χ0n) is 17.1. The van der Waals surface area contributed by atoms with Crippen molar-refractivity contribution in [3.05, 3.63) is 75.1 Å². The van der Waals surface area contributed by atoms with Crippen LogP contribution in [0, 0.1) is 24.0 Å². The molecule has 0 aliphatic carbocycles. The molecule has 2 aromatic carbocycles. The number of hydrogen-bond acceptors (Lipinski definition) is 6. The molecule has 1 amide bonds. The number of amides is 1. The average Bonchev–Trinajstić information content (AvgIpc) is 3.00. The molecule has 0 spiro atoms. The van der Waals surface area contributed by atoms with Crippen LogP contribution in [-0.4, -0.2) is 34.8 Å². The van der Waals surface area contributed by atoms with Crippen LogP contribution in [0.15, 0.2) is 42.5 Å². The van der Waals surface area contributed by atoms with E-state index in [1.165, 1.54) is 25.3 Å². The van der Waals surface area contributed by atoms with Gasteiger partial charge in [0, 0.05) is 11.6 Å². The summed E-state index contributed by atoms with van der Waals surface area (Å²) in [7, 11) is 2.95. The Kier molecular flexibility index (Phi) is 6.01. The number of carbonyl (C=O) groups is 1. The summed E-state index contributed by atoms with van der Waals surface area (Å²) in [4.78, 5) is 23.3. The number of ether oxygens (including phenoxy) is 2. The summed E-state index contributed by atoms with van der Waals surface area (Å²) in [5.41, 5.74) is 2.87. The number of rotatable bonds is 7. The van der Waals surface area contributed by atoms with Gasteiger partial charge in [0.25, 0.3) is 5.91 Å². The molecule has 1 heterocycles. The van der Waals surface area contributed by atoms with E-state index in [1.807, 2.05) is 31.2 Å². The molecule has 0 aliphatic rings. The van der Waals surface area contributed by atoms with Crippen LogP contribution in [0.1, 0.15) is 27.3 Å².